The van der Waals surface area contributed by atoms with Crippen molar-refractivity contribution in [3.63, 3.8) is 0 Å². The van der Waals surface area contributed by atoms with E-state index in [2.05, 4.69) is 9.97 Å². The fourth-order valence-corrected chi connectivity index (χ4v) is 1.00. The lowest BCUT2D eigenvalue weighted by molar-refractivity contribution is 0.580. The molecule has 0 bridgehead atoms. The zero-order valence-electron chi connectivity index (χ0n) is 5.54. The Morgan fingerprint density at radius 2 is 2.45 bits per heavy atom. The summed E-state index contributed by atoms with van der Waals surface area (Å²) >= 11 is 5.57. The van der Waals surface area contributed by atoms with E-state index < -0.39 is 0 Å². The van der Waals surface area contributed by atoms with Gasteiger partial charge in [0.25, 0.3) is 0 Å². The van der Waals surface area contributed by atoms with E-state index >= 15 is 0 Å². The SMILES string of the molecule is Clc1ncc(-c2ccco2)[nH]1. The van der Waals surface area contributed by atoms with Crippen LogP contribution in [-0.2, 0) is 0 Å². The van der Waals surface area contributed by atoms with Crippen LogP contribution in [0.25, 0.3) is 11.5 Å². The fourth-order valence-electron chi connectivity index (χ4n) is 0.854. The van der Waals surface area contributed by atoms with E-state index in [0.717, 1.165) is 11.5 Å². The number of furan rings is 1. The number of imidazole rings is 1. The van der Waals surface area contributed by atoms with Gasteiger partial charge in [-0.15, -0.1) is 0 Å². The molecule has 2 aromatic rings. The molecule has 0 saturated heterocycles. The summed E-state index contributed by atoms with van der Waals surface area (Å²) in [6, 6.07) is 3.65. The van der Waals surface area contributed by atoms with Crippen LogP contribution in [0.3, 0.4) is 0 Å². The molecule has 1 N–H and O–H groups in total. The molecule has 3 nitrogen and oxygen atoms in total. The summed E-state index contributed by atoms with van der Waals surface area (Å²) in [5.41, 5.74) is 0.792. The van der Waals surface area contributed by atoms with E-state index in [0.29, 0.717) is 5.28 Å². The highest BCUT2D eigenvalue weighted by Crippen LogP contribution is 2.18. The number of aromatic amines is 1. The summed E-state index contributed by atoms with van der Waals surface area (Å²) in [6.07, 6.45) is 3.23. The maximum Gasteiger partial charge on any atom is 0.200 e. The molecule has 0 radical (unpaired) electrons. The molecule has 2 rings (SSSR count). The minimum atomic E-state index is 0.372. The molecule has 0 atom stereocenters. The molecule has 0 aliphatic rings. The van der Waals surface area contributed by atoms with Crippen LogP contribution in [0.4, 0.5) is 0 Å². The molecule has 0 fully saturated rings. The van der Waals surface area contributed by atoms with E-state index in [1.54, 1.807) is 12.5 Å². The zero-order chi connectivity index (χ0) is 7.68. The summed E-state index contributed by atoms with van der Waals surface area (Å²) in [6.45, 7) is 0. The van der Waals surface area contributed by atoms with E-state index in [1.165, 1.54) is 0 Å². The summed E-state index contributed by atoms with van der Waals surface area (Å²) in [4.78, 5) is 6.66. The third-order valence-corrected chi connectivity index (χ3v) is 1.52. The van der Waals surface area contributed by atoms with Gasteiger partial charge in [0.15, 0.2) is 5.76 Å². The Hall–Kier alpha value is -1.22. The normalized spacial score (nSPS) is 10.3. The number of nitrogens with one attached hydrogen (secondary N) is 1. The molecule has 0 aliphatic heterocycles. The van der Waals surface area contributed by atoms with Crippen LogP contribution in [0.2, 0.25) is 5.28 Å². The standard InChI is InChI=1S/C7H5ClN2O/c8-7-9-4-5(10-7)6-2-1-3-11-6/h1-4H,(H,9,10). The lowest BCUT2D eigenvalue weighted by atomic mass is 10.4. The lowest BCUT2D eigenvalue weighted by Gasteiger charge is -1.86. The average molecular weight is 169 g/mol. The first kappa shape index (κ1) is 6.49. The maximum atomic E-state index is 5.57. The predicted octanol–water partition coefficient (Wildman–Crippen LogP) is 2.32. The van der Waals surface area contributed by atoms with Crippen molar-refractivity contribution in [2.24, 2.45) is 0 Å². The van der Waals surface area contributed by atoms with Crippen LogP contribution in [0.15, 0.2) is 29.0 Å². The van der Waals surface area contributed by atoms with Gasteiger partial charge >= 0.3 is 0 Å². The van der Waals surface area contributed by atoms with Gasteiger partial charge in [-0.2, -0.15) is 0 Å². The summed E-state index contributed by atoms with van der Waals surface area (Å²) < 4.78 is 5.10. The Kier molecular flexibility index (Phi) is 1.43. The van der Waals surface area contributed by atoms with Gasteiger partial charge in [0.2, 0.25) is 5.28 Å². The topological polar surface area (TPSA) is 41.8 Å². The molecule has 0 saturated carbocycles. The molecule has 2 aromatic heterocycles. The number of aromatic nitrogens is 2. The molecular weight excluding hydrogens is 164 g/mol. The highest BCUT2D eigenvalue weighted by atomic mass is 35.5. The van der Waals surface area contributed by atoms with Crippen LogP contribution in [0.5, 0.6) is 0 Å². The van der Waals surface area contributed by atoms with Gasteiger partial charge < -0.3 is 9.40 Å². The van der Waals surface area contributed by atoms with Crippen molar-refractivity contribution in [3.8, 4) is 11.5 Å². The monoisotopic (exact) mass is 168 g/mol. The van der Waals surface area contributed by atoms with Gasteiger partial charge in [-0.05, 0) is 23.7 Å². The number of hydrogen-bond donors (Lipinski definition) is 1. The number of rotatable bonds is 1. The molecule has 2 heterocycles. The first-order valence-corrected chi connectivity index (χ1v) is 3.48. The molecule has 11 heavy (non-hydrogen) atoms. The number of halogens is 1. The fraction of sp³-hybridized carbons (Fsp3) is 0. The molecule has 0 spiro atoms. The largest absolute Gasteiger partial charge is 0.463 e. The Labute approximate surface area is 68.0 Å². The quantitative estimate of drug-likeness (QED) is 0.710. The van der Waals surface area contributed by atoms with Gasteiger partial charge in [0, 0.05) is 0 Å². The Balaban J connectivity index is 2.45. The molecule has 0 unspecified atom stereocenters. The molecule has 0 aromatic carbocycles. The van der Waals surface area contributed by atoms with Crippen LogP contribution < -0.4 is 0 Å². The Morgan fingerprint density at radius 1 is 1.55 bits per heavy atom. The first-order valence-electron chi connectivity index (χ1n) is 3.10. The van der Waals surface area contributed by atoms with Gasteiger partial charge in [-0.25, -0.2) is 4.98 Å². The van der Waals surface area contributed by atoms with E-state index in [-0.39, 0.29) is 0 Å². The van der Waals surface area contributed by atoms with Crippen molar-refractivity contribution in [2.75, 3.05) is 0 Å². The number of nitrogens with zero attached hydrogens (tertiary/aromatic N) is 1. The highest BCUT2D eigenvalue weighted by Gasteiger charge is 2.02. The molecule has 0 amide bonds. The summed E-state index contributed by atoms with van der Waals surface area (Å²) in [5.74, 6) is 0.740. The lowest BCUT2D eigenvalue weighted by Crippen LogP contribution is -1.69. The second-order valence-corrected chi connectivity index (χ2v) is 2.42. The van der Waals surface area contributed by atoms with E-state index in [9.17, 15) is 0 Å². The van der Waals surface area contributed by atoms with E-state index in [4.69, 9.17) is 16.0 Å². The van der Waals surface area contributed by atoms with Gasteiger partial charge in [0.1, 0.15) is 5.69 Å². The Bertz CT molecular complexity index is 339. The summed E-state index contributed by atoms with van der Waals surface area (Å²) in [7, 11) is 0. The minimum absolute atomic E-state index is 0.372. The van der Waals surface area contributed by atoms with Crippen molar-refractivity contribution in [1.82, 2.24) is 9.97 Å². The average Bonchev–Trinajstić information content (AvgIpc) is 2.55. The Morgan fingerprint density at radius 3 is 3.00 bits per heavy atom. The molecule has 56 valence electrons. The van der Waals surface area contributed by atoms with Crippen molar-refractivity contribution >= 4 is 11.6 Å². The third-order valence-electron chi connectivity index (χ3n) is 1.33. The summed E-state index contributed by atoms with van der Waals surface area (Å²) in [5, 5.41) is 0.372. The number of hydrogen-bond acceptors (Lipinski definition) is 2. The zero-order valence-corrected chi connectivity index (χ0v) is 6.30. The third kappa shape index (κ3) is 1.14. The van der Waals surface area contributed by atoms with Crippen molar-refractivity contribution in [3.05, 3.63) is 29.9 Å². The molecule has 0 aliphatic carbocycles. The highest BCUT2D eigenvalue weighted by molar-refractivity contribution is 6.28. The van der Waals surface area contributed by atoms with Crippen molar-refractivity contribution in [2.45, 2.75) is 0 Å². The smallest absolute Gasteiger partial charge is 0.200 e. The second-order valence-electron chi connectivity index (χ2n) is 2.06. The first-order chi connectivity index (χ1) is 5.36. The molecular formula is C7H5ClN2O. The maximum absolute atomic E-state index is 5.57. The van der Waals surface area contributed by atoms with Crippen molar-refractivity contribution < 1.29 is 4.42 Å². The van der Waals surface area contributed by atoms with Crippen LogP contribution in [0.1, 0.15) is 0 Å². The number of H-pyrrole nitrogens is 1. The van der Waals surface area contributed by atoms with Crippen LogP contribution in [-0.4, -0.2) is 9.97 Å². The second kappa shape index (κ2) is 2.43. The van der Waals surface area contributed by atoms with Gasteiger partial charge in [-0.3, -0.25) is 0 Å². The van der Waals surface area contributed by atoms with Gasteiger partial charge in [-0.1, -0.05) is 0 Å². The van der Waals surface area contributed by atoms with Crippen molar-refractivity contribution in [1.29, 1.82) is 0 Å². The molecule has 4 heteroatoms. The minimum Gasteiger partial charge on any atom is -0.463 e. The van der Waals surface area contributed by atoms with Crippen LogP contribution >= 0.6 is 11.6 Å². The predicted molar refractivity (Wildman–Crippen MR) is 41.3 cm³/mol. The van der Waals surface area contributed by atoms with Crippen LogP contribution in [0, 0.1) is 0 Å². The van der Waals surface area contributed by atoms with Gasteiger partial charge in [0.05, 0.1) is 12.5 Å². The van der Waals surface area contributed by atoms with E-state index in [1.807, 2.05) is 12.1 Å².